The van der Waals surface area contributed by atoms with Gasteiger partial charge in [0.15, 0.2) is 5.78 Å². The number of ketones is 1. The van der Waals surface area contributed by atoms with Gasteiger partial charge in [-0.1, -0.05) is 43.6 Å². The van der Waals surface area contributed by atoms with Crippen LogP contribution in [0.3, 0.4) is 0 Å². The Morgan fingerprint density at radius 2 is 2.12 bits per heavy atom. The molecule has 6 nitrogen and oxygen atoms in total. The van der Waals surface area contributed by atoms with Gasteiger partial charge in [-0.25, -0.2) is 4.98 Å². The summed E-state index contributed by atoms with van der Waals surface area (Å²) in [5.41, 5.74) is 0.452. The van der Waals surface area contributed by atoms with Crippen LogP contribution in [0, 0.1) is 34.5 Å². The summed E-state index contributed by atoms with van der Waals surface area (Å²) in [6.45, 7) is 8.36. The van der Waals surface area contributed by atoms with Crippen molar-refractivity contribution in [3.63, 3.8) is 0 Å². The van der Waals surface area contributed by atoms with Gasteiger partial charge in [0, 0.05) is 22.0 Å². The highest BCUT2D eigenvalue weighted by atomic mass is 127. The molecule has 4 rings (SSSR count). The first-order valence-corrected chi connectivity index (χ1v) is 15.9. The topological polar surface area (TPSA) is 99.0 Å². The largest absolute Gasteiger partial charge is 0.310 e. The maximum absolute atomic E-state index is 13.9. The molecule has 0 saturated heterocycles. The van der Waals surface area contributed by atoms with Crippen LogP contribution in [0.5, 0.6) is 0 Å². The number of alkyl halides is 1. The Morgan fingerprint density at radius 1 is 1.38 bits per heavy atom. The lowest BCUT2D eigenvalue weighted by molar-refractivity contribution is -0.126. The first kappa shape index (κ1) is 25.5. The quantitative estimate of drug-likeness (QED) is 0.237. The van der Waals surface area contributed by atoms with Crippen LogP contribution >= 0.6 is 36.7 Å². The van der Waals surface area contributed by atoms with E-state index in [1.165, 1.54) is 0 Å². The third-order valence-corrected chi connectivity index (χ3v) is 9.39. The summed E-state index contributed by atoms with van der Waals surface area (Å²) in [4.78, 5) is 41.4. The van der Waals surface area contributed by atoms with Gasteiger partial charge in [-0.15, -0.1) is 20.7 Å². The minimum absolute atomic E-state index is 0.0386. The van der Waals surface area contributed by atoms with Gasteiger partial charge >= 0.3 is 0 Å². The van der Waals surface area contributed by atoms with E-state index in [0.29, 0.717) is 28.4 Å². The second kappa shape index (κ2) is 9.84. The Morgan fingerprint density at radius 3 is 2.79 bits per heavy atom. The number of aromatic nitrogens is 2. The number of nitrogens with one attached hydrogen (secondary N) is 2. The molecule has 1 aromatic heterocycles. The highest BCUT2D eigenvalue weighted by Gasteiger charge is 2.70. The molecule has 2 aliphatic rings. The van der Waals surface area contributed by atoms with Crippen LogP contribution in [0.2, 0.25) is 0 Å². The molecule has 0 spiro atoms. The molecule has 8 heteroatoms. The number of carbonyl (C=O) groups excluding carboxylic acids is 1. The SMILES string of the molecule is CI=CC(=N)C=N[C@H](C(=O)C1(C)C2CC(C)C[C@@H](c3nc4ccc(Br)cc4c(=O)[nH]3)[C@H]21)C(C)C. The van der Waals surface area contributed by atoms with E-state index >= 15 is 0 Å². The van der Waals surface area contributed by atoms with Crippen molar-refractivity contribution in [3.05, 3.63) is 38.9 Å². The smallest absolute Gasteiger partial charge is 0.258 e. The summed E-state index contributed by atoms with van der Waals surface area (Å²) in [5.74, 6) is 1.82. The maximum Gasteiger partial charge on any atom is 0.258 e. The lowest BCUT2D eigenvalue weighted by Gasteiger charge is -2.25. The number of halogens is 2. The van der Waals surface area contributed by atoms with E-state index in [2.05, 4.69) is 44.7 Å². The van der Waals surface area contributed by atoms with Crippen LogP contribution in [-0.4, -0.2) is 42.7 Å². The van der Waals surface area contributed by atoms with Gasteiger partial charge in [-0.05, 0) is 63.7 Å². The fraction of sp³-hybridized carbons (Fsp3) is 0.538. The molecule has 2 aliphatic carbocycles. The van der Waals surface area contributed by atoms with Crippen molar-refractivity contribution in [1.82, 2.24) is 9.97 Å². The zero-order valence-electron chi connectivity index (χ0n) is 20.2. The van der Waals surface area contributed by atoms with Crippen LogP contribution in [0.4, 0.5) is 0 Å². The van der Waals surface area contributed by atoms with E-state index in [4.69, 9.17) is 10.4 Å². The molecular weight excluding hydrogens is 607 g/mol. The van der Waals surface area contributed by atoms with Gasteiger partial charge in [-0.2, -0.15) is 0 Å². The van der Waals surface area contributed by atoms with E-state index in [-0.39, 0.29) is 55.7 Å². The molecule has 182 valence electrons. The number of carbonyl (C=O) groups is 1. The zero-order chi connectivity index (χ0) is 24.8. The molecule has 0 amide bonds. The number of nitrogens with zero attached hydrogens (tertiary/aromatic N) is 2. The third kappa shape index (κ3) is 4.64. The number of aromatic amines is 1. The number of rotatable bonds is 7. The molecule has 2 saturated carbocycles. The van der Waals surface area contributed by atoms with Crippen molar-refractivity contribution in [2.45, 2.75) is 52.5 Å². The molecule has 2 N–H and O–H groups in total. The van der Waals surface area contributed by atoms with E-state index in [0.717, 1.165) is 17.3 Å². The normalized spacial score (nSPS) is 29.9. The molecule has 34 heavy (non-hydrogen) atoms. The highest BCUT2D eigenvalue weighted by molar-refractivity contribution is 14.2. The summed E-state index contributed by atoms with van der Waals surface area (Å²) < 4.78 is 2.75. The molecule has 3 unspecified atom stereocenters. The number of fused-ring (bicyclic) bond motifs is 2. The van der Waals surface area contributed by atoms with Gasteiger partial charge in [0.05, 0.1) is 16.6 Å². The van der Waals surface area contributed by atoms with Gasteiger partial charge < -0.3 is 4.98 Å². The Kier molecular flexibility index (Phi) is 7.39. The first-order valence-electron chi connectivity index (χ1n) is 11.7. The predicted octanol–water partition coefficient (Wildman–Crippen LogP) is 5.54. The van der Waals surface area contributed by atoms with Crippen LogP contribution in [-0.2, 0) is 4.79 Å². The monoisotopic (exact) mass is 638 g/mol. The number of hydrogen-bond donors (Lipinski definition) is 2. The van der Waals surface area contributed by atoms with E-state index < -0.39 is 11.5 Å². The van der Waals surface area contributed by atoms with Crippen LogP contribution in [0.15, 0.2) is 32.5 Å². The second-order valence-electron chi connectivity index (χ2n) is 10.3. The van der Waals surface area contributed by atoms with Crippen molar-refractivity contribution >= 4 is 69.3 Å². The molecule has 1 aromatic carbocycles. The van der Waals surface area contributed by atoms with Gasteiger partial charge in [0.25, 0.3) is 5.56 Å². The summed E-state index contributed by atoms with van der Waals surface area (Å²) >= 11 is 3.29. The number of benzene rings is 1. The molecule has 2 aromatic rings. The van der Waals surface area contributed by atoms with Crippen molar-refractivity contribution < 1.29 is 4.79 Å². The van der Waals surface area contributed by atoms with Crippen molar-refractivity contribution in [2.24, 2.45) is 34.1 Å². The minimum Gasteiger partial charge on any atom is -0.310 e. The molecule has 0 radical (unpaired) electrons. The van der Waals surface area contributed by atoms with Crippen molar-refractivity contribution in [2.75, 3.05) is 4.93 Å². The maximum atomic E-state index is 13.9. The number of hydrogen-bond acceptors (Lipinski definition) is 5. The molecule has 2 fully saturated rings. The minimum atomic E-state index is -0.488. The van der Waals surface area contributed by atoms with Gasteiger partial charge in [0.2, 0.25) is 0 Å². The van der Waals surface area contributed by atoms with Gasteiger partial charge in [-0.3, -0.25) is 20.0 Å². The summed E-state index contributed by atoms with van der Waals surface area (Å²) in [6, 6.07) is 5.10. The van der Waals surface area contributed by atoms with Crippen LogP contribution in [0.25, 0.3) is 10.9 Å². The zero-order valence-corrected chi connectivity index (χ0v) is 24.0. The molecule has 1 heterocycles. The number of aliphatic imine (C=N–C) groups is 1. The first-order chi connectivity index (χ1) is 16.1. The van der Waals surface area contributed by atoms with Gasteiger partial charge in [0.1, 0.15) is 11.9 Å². The van der Waals surface area contributed by atoms with Crippen molar-refractivity contribution in [3.8, 4) is 0 Å². The predicted molar refractivity (Wildman–Crippen MR) is 152 cm³/mol. The Balaban J connectivity index is 1.68. The average Bonchev–Trinajstić information content (AvgIpc) is 3.38. The highest BCUT2D eigenvalue weighted by Crippen LogP contribution is 2.71. The fourth-order valence-corrected chi connectivity index (χ4v) is 7.13. The number of Topliss-reactive ketones (excluding diaryl/α,β-unsaturated/α-hetero) is 1. The van der Waals surface area contributed by atoms with E-state index in [9.17, 15) is 9.59 Å². The molecule has 6 atom stereocenters. The Bertz CT molecular complexity index is 1250. The van der Waals surface area contributed by atoms with Crippen LogP contribution < -0.4 is 5.56 Å². The summed E-state index contributed by atoms with van der Waals surface area (Å²) in [7, 11) is 0. The Hall–Kier alpha value is -1.55. The summed E-state index contributed by atoms with van der Waals surface area (Å²) in [6.07, 6.45) is 3.47. The molecule has 0 aliphatic heterocycles. The fourth-order valence-electron chi connectivity index (χ4n) is 5.94. The molecule has 0 bridgehead atoms. The second-order valence-corrected chi connectivity index (χ2v) is 13.1. The lowest BCUT2D eigenvalue weighted by atomic mass is 9.81. The molecular formula is C26H32BrIN4O2. The third-order valence-electron chi connectivity index (χ3n) is 7.60. The van der Waals surface area contributed by atoms with Crippen molar-refractivity contribution in [1.29, 1.82) is 5.41 Å². The Labute approximate surface area is 218 Å². The standard InChI is InChI=1S/C26H32BrIN4O2/c1-13(2)22(30-12-16(29)11-28-5)23(33)26(4)19-9-14(3)8-18(21(19)26)24-31-20-7-6-15(27)10-17(20)25(34)32-24/h6-7,10-14,18-19,21-22,29H,8-9H2,1-5H3,(H,31,32,34)/t14?,18-,19?,21-,22+,26?/m1/s1. The number of H-pyrrole nitrogens is 1. The van der Waals surface area contributed by atoms with Crippen LogP contribution in [0.1, 0.15) is 52.3 Å². The lowest BCUT2D eigenvalue weighted by Crippen LogP contribution is -2.33. The van der Waals surface area contributed by atoms with E-state index in [1.54, 1.807) is 12.3 Å². The summed E-state index contributed by atoms with van der Waals surface area (Å²) in [5, 5.41) is 8.60. The average molecular weight is 639 g/mol. The van der Waals surface area contributed by atoms with E-state index in [1.807, 2.05) is 30.0 Å².